The van der Waals surface area contributed by atoms with Crippen molar-refractivity contribution >= 4 is 54.4 Å². The third-order valence-electron chi connectivity index (χ3n) is 8.58. The van der Waals surface area contributed by atoms with E-state index in [0.717, 1.165) is 48.9 Å². The monoisotopic (exact) mass is 730 g/mol. The lowest BCUT2D eigenvalue weighted by atomic mass is 10.2. The summed E-state index contributed by atoms with van der Waals surface area (Å²) in [6.45, 7) is 8.69. The summed E-state index contributed by atoms with van der Waals surface area (Å²) in [5, 5.41) is 8.55. The molecule has 51 heavy (non-hydrogen) atoms. The van der Waals surface area contributed by atoms with Gasteiger partial charge in [0.05, 0.1) is 34.4 Å². The zero-order chi connectivity index (χ0) is 35.6. The lowest BCUT2D eigenvalue weighted by molar-refractivity contribution is 0.122. The maximum absolute atomic E-state index is 12.7. The normalized spacial score (nSPS) is 15.2. The van der Waals surface area contributed by atoms with Crippen LogP contribution in [0.3, 0.4) is 0 Å². The Bertz CT molecular complexity index is 2370. The Morgan fingerprint density at radius 3 is 1.43 bits per heavy atom. The molecule has 0 spiro atoms. The summed E-state index contributed by atoms with van der Waals surface area (Å²) >= 11 is 0. The van der Waals surface area contributed by atoms with Crippen molar-refractivity contribution in [2.75, 3.05) is 58.6 Å². The van der Waals surface area contributed by atoms with Gasteiger partial charge in [0.15, 0.2) is 11.3 Å². The number of aromatic nitrogens is 6. The third-order valence-corrected chi connectivity index (χ3v) is 11.3. The number of ether oxygens (including phenoxy) is 1. The fraction of sp³-hybridized carbons (Fsp3) is 0.294. The van der Waals surface area contributed by atoms with Crippen molar-refractivity contribution in [3.05, 3.63) is 96.6 Å². The van der Waals surface area contributed by atoms with Crippen LogP contribution >= 0.6 is 0 Å². The number of morpholine rings is 1. The van der Waals surface area contributed by atoms with E-state index in [1.54, 1.807) is 60.9 Å². The molecule has 4 aromatic heterocycles. The average Bonchev–Trinajstić information content (AvgIpc) is 3.89. The predicted octanol–water partition coefficient (Wildman–Crippen LogP) is 4.11. The van der Waals surface area contributed by atoms with Crippen LogP contribution in [0.2, 0.25) is 0 Å². The van der Waals surface area contributed by atoms with Crippen molar-refractivity contribution in [1.82, 2.24) is 29.2 Å². The predicted molar refractivity (Wildman–Crippen MR) is 194 cm³/mol. The van der Waals surface area contributed by atoms with Crippen molar-refractivity contribution in [1.29, 1.82) is 0 Å². The standard InChI is InChI=1S/C17H19N5O3S.C17H19N5O2S/c1-13-12-17-18-7-6-16(22(17)19-13)20-26(23,24)15-4-2-14(3-5-15)21-8-10-25-11-9-21;1-13-12-17-18-9-8-16(22(17)19-13)20-25(23,24)15-6-4-14(5-7-15)21-10-2-3-11-21/h2-7,12,20H,8-11H2,1H3;4-9,12,20H,2-3,10-11H2,1H3. The summed E-state index contributed by atoms with van der Waals surface area (Å²) in [4.78, 5) is 13.2. The minimum Gasteiger partial charge on any atom is -0.378 e. The molecule has 15 nitrogen and oxygen atoms in total. The summed E-state index contributed by atoms with van der Waals surface area (Å²) in [5.41, 5.74) is 4.77. The number of nitrogens with zero attached hydrogens (tertiary/aromatic N) is 8. The Hall–Kier alpha value is -5.26. The first-order valence-corrected chi connectivity index (χ1v) is 19.5. The zero-order valence-corrected chi connectivity index (χ0v) is 29.8. The summed E-state index contributed by atoms with van der Waals surface area (Å²) in [5.74, 6) is 0.710. The third kappa shape index (κ3) is 7.59. The number of hydrogen-bond donors (Lipinski definition) is 2. The summed E-state index contributed by atoms with van der Waals surface area (Å²) in [6, 6.07) is 20.6. The highest BCUT2D eigenvalue weighted by Crippen LogP contribution is 2.24. The van der Waals surface area contributed by atoms with Crippen LogP contribution in [-0.4, -0.2) is 85.4 Å². The van der Waals surface area contributed by atoms with E-state index in [9.17, 15) is 16.8 Å². The quantitative estimate of drug-likeness (QED) is 0.231. The molecule has 0 radical (unpaired) electrons. The van der Waals surface area contributed by atoms with Gasteiger partial charge in [0.25, 0.3) is 20.0 Å². The largest absolute Gasteiger partial charge is 0.378 e. The molecule has 2 aliphatic rings. The Morgan fingerprint density at radius 1 is 0.588 bits per heavy atom. The highest BCUT2D eigenvalue weighted by molar-refractivity contribution is 7.93. The lowest BCUT2D eigenvalue weighted by Crippen LogP contribution is -2.36. The molecule has 2 saturated heterocycles. The lowest BCUT2D eigenvalue weighted by Gasteiger charge is -2.28. The smallest absolute Gasteiger partial charge is 0.263 e. The molecule has 2 aromatic carbocycles. The minimum atomic E-state index is -3.72. The summed E-state index contributed by atoms with van der Waals surface area (Å²) in [6.07, 6.45) is 5.48. The minimum absolute atomic E-state index is 0.198. The van der Waals surface area contributed by atoms with Crippen LogP contribution in [0.25, 0.3) is 11.3 Å². The van der Waals surface area contributed by atoms with E-state index in [2.05, 4.69) is 39.4 Å². The Kier molecular flexibility index (Phi) is 9.50. The van der Waals surface area contributed by atoms with Crippen molar-refractivity contribution in [3.63, 3.8) is 0 Å². The highest BCUT2D eigenvalue weighted by atomic mass is 32.2. The molecule has 266 valence electrons. The molecular weight excluding hydrogens is 693 g/mol. The van der Waals surface area contributed by atoms with Gasteiger partial charge in [0, 0.05) is 62.1 Å². The molecular formula is C34H38N10O5S2. The molecule has 17 heteroatoms. The van der Waals surface area contributed by atoms with Crippen molar-refractivity contribution in [3.8, 4) is 0 Å². The molecule has 0 aliphatic carbocycles. The van der Waals surface area contributed by atoms with Gasteiger partial charge in [-0.15, -0.1) is 0 Å². The molecule has 2 fully saturated rings. The molecule has 6 aromatic rings. The van der Waals surface area contributed by atoms with E-state index >= 15 is 0 Å². The summed E-state index contributed by atoms with van der Waals surface area (Å²) in [7, 11) is -7.42. The molecule has 2 aliphatic heterocycles. The fourth-order valence-electron chi connectivity index (χ4n) is 6.04. The second-order valence-electron chi connectivity index (χ2n) is 12.3. The van der Waals surface area contributed by atoms with Gasteiger partial charge >= 0.3 is 0 Å². The number of sulfonamides is 2. The number of fused-ring (bicyclic) bond motifs is 2. The van der Waals surface area contributed by atoms with Crippen molar-refractivity contribution < 1.29 is 21.6 Å². The Morgan fingerprint density at radius 2 is 1.00 bits per heavy atom. The zero-order valence-electron chi connectivity index (χ0n) is 28.2. The number of rotatable bonds is 8. The topological polar surface area (TPSA) is 168 Å². The number of aryl methyl sites for hydroxylation is 2. The van der Waals surface area contributed by atoms with Crippen LogP contribution in [0, 0.1) is 13.8 Å². The van der Waals surface area contributed by atoms with Gasteiger partial charge in [-0.1, -0.05) is 0 Å². The van der Waals surface area contributed by atoms with Gasteiger partial charge in [-0.2, -0.15) is 19.2 Å². The maximum Gasteiger partial charge on any atom is 0.263 e. The first kappa shape index (κ1) is 34.2. The number of nitrogens with one attached hydrogen (secondary N) is 2. The van der Waals surface area contributed by atoms with Gasteiger partial charge < -0.3 is 14.5 Å². The van der Waals surface area contributed by atoms with E-state index < -0.39 is 20.0 Å². The molecule has 0 bridgehead atoms. The molecule has 0 atom stereocenters. The highest BCUT2D eigenvalue weighted by Gasteiger charge is 2.20. The molecule has 8 rings (SSSR count). The second kappa shape index (κ2) is 14.2. The molecule has 6 heterocycles. The average molecular weight is 731 g/mol. The van der Waals surface area contributed by atoms with Crippen LogP contribution in [0.15, 0.2) is 95.0 Å². The number of anilines is 4. The first-order chi connectivity index (χ1) is 24.6. The van der Waals surface area contributed by atoms with E-state index in [1.807, 2.05) is 38.1 Å². The van der Waals surface area contributed by atoms with Gasteiger partial charge in [0.2, 0.25) is 0 Å². The number of hydrogen-bond acceptors (Lipinski definition) is 11. The van der Waals surface area contributed by atoms with Gasteiger partial charge in [-0.05, 0) is 87.4 Å². The van der Waals surface area contributed by atoms with Crippen molar-refractivity contribution in [2.45, 2.75) is 36.5 Å². The van der Waals surface area contributed by atoms with Crippen LogP contribution in [-0.2, 0) is 24.8 Å². The number of benzene rings is 2. The summed E-state index contributed by atoms with van der Waals surface area (Å²) < 4.78 is 64.4. The van der Waals surface area contributed by atoms with Gasteiger partial charge in [-0.3, -0.25) is 9.44 Å². The van der Waals surface area contributed by atoms with Gasteiger partial charge in [0.1, 0.15) is 11.6 Å². The van der Waals surface area contributed by atoms with E-state index in [0.29, 0.717) is 36.1 Å². The van der Waals surface area contributed by atoms with Crippen LogP contribution < -0.4 is 19.2 Å². The van der Waals surface area contributed by atoms with E-state index in [-0.39, 0.29) is 9.79 Å². The molecule has 0 unspecified atom stereocenters. The van der Waals surface area contributed by atoms with E-state index in [4.69, 9.17) is 4.74 Å². The van der Waals surface area contributed by atoms with Crippen LogP contribution in [0.4, 0.5) is 23.0 Å². The van der Waals surface area contributed by atoms with Gasteiger partial charge in [-0.25, -0.2) is 26.8 Å². The molecule has 2 N–H and O–H groups in total. The maximum atomic E-state index is 12.7. The molecule has 0 amide bonds. The van der Waals surface area contributed by atoms with Crippen LogP contribution in [0.1, 0.15) is 24.2 Å². The fourth-order valence-corrected chi connectivity index (χ4v) is 8.12. The SMILES string of the molecule is Cc1cc2nccc(NS(=O)(=O)c3ccc(N4CCCC4)cc3)n2n1.Cc1cc2nccc(NS(=O)(=O)c3ccc(N4CCOCC4)cc3)n2n1. The molecule has 0 saturated carbocycles. The Labute approximate surface area is 296 Å². The Balaban J connectivity index is 0.000000159. The first-order valence-electron chi connectivity index (χ1n) is 16.5. The van der Waals surface area contributed by atoms with E-state index in [1.165, 1.54) is 21.9 Å². The van der Waals surface area contributed by atoms with Crippen LogP contribution in [0.5, 0.6) is 0 Å². The second-order valence-corrected chi connectivity index (χ2v) is 15.6. The van der Waals surface area contributed by atoms with Crippen molar-refractivity contribution in [2.24, 2.45) is 0 Å².